The molecule has 2 aliphatic heterocycles. The third-order valence-electron chi connectivity index (χ3n) is 6.41. The van der Waals surface area contributed by atoms with E-state index in [1.807, 2.05) is 0 Å². The van der Waals surface area contributed by atoms with Crippen molar-refractivity contribution in [3.05, 3.63) is 34.6 Å². The molecule has 6 heteroatoms. The van der Waals surface area contributed by atoms with Gasteiger partial charge in [-0.05, 0) is 61.1 Å². The average Bonchev–Trinajstić information content (AvgIpc) is 2.60. The zero-order chi connectivity index (χ0) is 17.4. The number of fused-ring (bicyclic) bond motifs is 1. The molecule has 1 saturated heterocycles. The minimum Gasteiger partial charge on any atom is -0.316 e. The van der Waals surface area contributed by atoms with E-state index in [1.54, 1.807) is 11.5 Å². The summed E-state index contributed by atoms with van der Waals surface area (Å²) >= 11 is 0. The van der Waals surface area contributed by atoms with Gasteiger partial charge in [-0.25, -0.2) is 9.87 Å². The number of carbonyl (C=O) groups excluding carboxylic acids is 1. The Hall–Kier alpha value is -1.50. The lowest BCUT2D eigenvalue weighted by atomic mass is 9.67. The summed E-state index contributed by atoms with van der Waals surface area (Å²) in [5.74, 6) is -0.287. The van der Waals surface area contributed by atoms with Crippen molar-refractivity contribution in [1.29, 1.82) is 0 Å². The van der Waals surface area contributed by atoms with Crippen molar-refractivity contribution in [1.82, 2.24) is 15.7 Å². The largest absolute Gasteiger partial charge is 0.316 e. The van der Waals surface area contributed by atoms with Crippen LogP contribution in [0.2, 0.25) is 0 Å². The molecule has 0 atom stereocenters. The van der Waals surface area contributed by atoms with Crippen LogP contribution in [0.5, 0.6) is 0 Å². The van der Waals surface area contributed by atoms with Crippen molar-refractivity contribution in [2.24, 2.45) is 11.3 Å². The van der Waals surface area contributed by atoms with E-state index >= 15 is 0 Å². The highest BCUT2D eigenvalue weighted by atomic mass is 19.1. The SMILES string of the molecule is O=C(NO)c1cc(F)c2c(c1)CCN(CC1CCC3(CC1)CNC3)C2. The lowest BCUT2D eigenvalue weighted by molar-refractivity contribution is 0.0659. The molecule has 2 heterocycles. The topological polar surface area (TPSA) is 64.6 Å². The van der Waals surface area contributed by atoms with Gasteiger partial charge in [0.05, 0.1) is 0 Å². The Balaban J connectivity index is 1.39. The Kier molecular flexibility index (Phi) is 4.52. The highest BCUT2D eigenvalue weighted by molar-refractivity contribution is 5.93. The molecule has 5 nitrogen and oxygen atoms in total. The van der Waals surface area contributed by atoms with Crippen LogP contribution < -0.4 is 10.8 Å². The summed E-state index contributed by atoms with van der Waals surface area (Å²) in [6.45, 7) is 4.93. The van der Waals surface area contributed by atoms with Gasteiger partial charge in [0, 0.05) is 43.9 Å². The lowest BCUT2D eigenvalue weighted by Crippen LogP contribution is -2.55. The zero-order valence-electron chi connectivity index (χ0n) is 14.5. The first-order valence-electron chi connectivity index (χ1n) is 9.27. The van der Waals surface area contributed by atoms with Crippen LogP contribution in [0.3, 0.4) is 0 Å². The average molecular weight is 347 g/mol. The minimum absolute atomic E-state index is 0.180. The summed E-state index contributed by atoms with van der Waals surface area (Å²) in [5.41, 5.74) is 3.93. The first kappa shape index (κ1) is 16.9. The van der Waals surface area contributed by atoms with Crippen molar-refractivity contribution in [3.63, 3.8) is 0 Å². The molecule has 3 N–H and O–H groups in total. The molecule has 1 aliphatic carbocycles. The maximum absolute atomic E-state index is 14.4. The molecule has 1 saturated carbocycles. The maximum Gasteiger partial charge on any atom is 0.274 e. The molecule has 0 bridgehead atoms. The van der Waals surface area contributed by atoms with Gasteiger partial charge in [-0.15, -0.1) is 0 Å². The summed E-state index contributed by atoms with van der Waals surface area (Å²) < 4.78 is 14.4. The first-order chi connectivity index (χ1) is 12.1. The Labute approximate surface area is 147 Å². The fourth-order valence-electron chi connectivity index (χ4n) is 4.70. The lowest BCUT2D eigenvalue weighted by Gasteiger charge is -2.48. The van der Waals surface area contributed by atoms with E-state index in [-0.39, 0.29) is 11.4 Å². The van der Waals surface area contributed by atoms with Crippen LogP contribution in [0.25, 0.3) is 0 Å². The van der Waals surface area contributed by atoms with Crippen molar-refractivity contribution in [2.75, 3.05) is 26.2 Å². The molecular weight excluding hydrogens is 321 g/mol. The second-order valence-corrected chi connectivity index (χ2v) is 8.07. The van der Waals surface area contributed by atoms with Crippen LogP contribution >= 0.6 is 0 Å². The van der Waals surface area contributed by atoms with Crippen LogP contribution in [0.1, 0.15) is 47.2 Å². The normalized spacial score (nSPS) is 23.1. The number of halogens is 1. The molecule has 0 aromatic heterocycles. The fraction of sp³-hybridized carbons (Fsp3) is 0.632. The van der Waals surface area contributed by atoms with E-state index < -0.39 is 5.91 Å². The van der Waals surface area contributed by atoms with Crippen LogP contribution in [-0.4, -0.2) is 42.2 Å². The Morgan fingerprint density at radius 3 is 2.76 bits per heavy atom. The summed E-state index contributed by atoms with van der Waals surface area (Å²) in [7, 11) is 0. The molecular formula is C19H26FN3O2. The molecule has 0 radical (unpaired) electrons. The molecule has 136 valence electrons. The Bertz CT molecular complexity index is 665. The van der Waals surface area contributed by atoms with Gasteiger partial charge in [0.25, 0.3) is 5.91 Å². The van der Waals surface area contributed by atoms with E-state index in [9.17, 15) is 9.18 Å². The molecule has 1 amide bonds. The van der Waals surface area contributed by atoms with Gasteiger partial charge < -0.3 is 5.32 Å². The van der Waals surface area contributed by atoms with Crippen molar-refractivity contribution in [2.45, 2.75) is 38.6 Å². The molecule has 1 aromatic carbocycles. The minimum atomic E-state index is -0.661. The van der Waals surface area contributed by atoms with Gasteiger partial charge >= 0.3 is 0 Å². The Morgan fingerprint density at radius 1 is 1.36 bits per heavy atom. The monoisotopic (exact) mass is 347 g/mol. The molecule has 2 fully saturated rings. The van der Waals surface area contributed by atoms with E-state index in [2.05, 4.69) is 10.2 Å². The van der Waals surface area contributed by atoms with E-state index in [0.717, 1.165) is 31.0 Å². The third-order valence-corrected chi connectivity index (χ3v) is 6.41. The maximum atomic E-state index is 14.4. The number of hydrogen-bond acceptors (Lipinski definition) is 4. The van der Waals surface area contributed by atoms with Gasteiger partial charge in [0.1, 0.15) is 5.82 Å². The first-order valence-corrected chi connectivity index (χ1v) is 9.27. The van der Waals surface area contributed by atoms with E-state index in [1.165, 1.54) is 44.8 Å². The predicted octanol–water partition coefficient (Wildman–Crippen LogP) is 2.08. The molecule has 1 aromatic rings. The quantitative estimate of drug-likeness (QED) is 0.579. The van der Waals surface area contributed by atoms with E-state index in [0.29, 0.717) is 17.5 Å². The standard InChI is InChI=1S/C19H26FN3O2/c20-17-8-15(18(24)22-25)7-14-3-6-23(10-16(14)17)9-13-1-4-19(5-2-13)11-21-12-19/h7-8,13,21,25H,1-6,9-12H2,(H,22,24). The smallest absolute Gasteiger partial charge is 0.274 e. The van der Waals surface area contributed by atoms with Gasteiger partial charge in [-0.2, -0.15) is 0 Å². The molecule has 4 rings (SSSR count). The van der Waals surface area contributed by atoms with Gasteiger partial charge in [-0.1, -0.05) is 0 Å². The molecule has 1 spiro atoms. The molecule has 0 unspecified atom stereocenters. The molecule has 25 heavy (non-hydrogen) atoms. The predicted molar refractivity (Wildman–Crippen MR) is 91.9 cm³/mol. The number of hydroxylamine groups is 1. The number of rotatable bonds is 3. The van der Waals surface area contributed by atoms with Crippen molar-refractivity contribution < 1.29 is 14.4 Å². The van der Waals surface area contributed by atoms with E-state index in [4.69, 9.17) is 5.21 Å². The highest BCUT2D eigenvalue weighted by Crippen LogP contribution is 2.42. The van der Waals surface area contributed by atoms with Crippen LogP contribution in [0, 0.1) is 17.2 Å². The number of nitrogens with zero attached hydrogens (tertiary/aromatic N) is 1. The van der Waals surface area contributed by atoms with Crippen LogP contribution in [0.15, 0.2) is 12.1 Å². The van der Waals surface area contributed by atoms with Crippen LogP contribution in [-0.2, 0) is 13.0 Å². The van der Waals surface area contributed by atoms with Crippen molar-refractivity contribution in [3.8, 4) is 0 Å². The number of benzene rings is 1. The van der Waals surface area contributed by atoms with Crippen molar-refractivity contribution >= 4 is 5.91 Å². The molecule has 3 aliphatic rings. The summed E-state index contributed by atoms with van der Waals surface area (Å²) in [6, 6.07) is 2.93. The second-order valence-electron chi connectivity index (χ2n) is 8.07. The third kappa shape index (κ3) is 3.30. The number of carbonyl (C=O) groups is 1. The summed E-state index contributed by atoms with van der Waals surface area (Å²) in [4.78, 5) is 13.9. The fourth-order valence-corrected chi connectivity index (χ4v) is 4.70. The van der Waals surface area contributed by atoms with Gasteiger partial charge in [-0.3, -0.25) is 14.9 Å². The number of hydrogen-bond donors (Lipinski definition) is 3. The number of amides is 1. The summed E-state index contributed by atoms with van der Waals surface area (Å²) in [6.07, 6.45) is 5.96. The number of nitrogens with one attached hydrogen (secondary N) is 2. The second kappa shape index (κ2) is 6.67. The zero-order valence-corrected chi connectivity index (χ0v) is 14.5. The Morgan fingerprint density at radius 2 is 2.12 bits per heavy atom. The van der Waals surface area contributed by atoms with Crippen LogP contribution in [0.4, 0.5) is 4.39 Å². The highest BCUT2D eigenvalue weighted by Gasteiger charge is 2.40. The van der Waals surface area contributed by atoms with Gasteiger partial charge in [0.15, 0.2) is 0 Å². The summed E-state index contributed by atoms with van der Waals surface area (Å²) in [5, 5.41) is 12.1. The van der Waals surface area contributed by atoms with Gasteiger partial charge in [0.2, 0.25) is 0 Å².